The average molecular weight is 446 g/mol. The smallest absolute Gasteiger partial charge is 0.256 e. The van der Waals surface area contributed by atoms with E-state index >= 15 is 0 Å². The van der Waals surface area contributed by atoms with Crippen LogP contribution in [0.5, 0.6) is 5.75 Å². The second-order valence-electron chi connectivity index (χ2n) is 7.96. The van der Waals surface area contributed by atoms with Gasteiger partial charge in [-0.25, -0.2) is 13.6 Å². The van der Waals surface area contributed by atoms with Crippen molar-refractivity contribution >= 4 is 21.6 Å². The normalized spacial score (nSPS) is 17.0. The number of hydrogen-bond donors (Lipinski definition) is 2. The molecule has 8 nitrogen and oxygen atoms in total. The molecule has 0 aliphatic carbocycles. The lowest BCUT2D eigenvalue weighted by atomic mass is 10.00. The highest BCUT2D eigenvalue weighted by Crippen LogP contribution is 2.35. The maximum absolute atomic E-state index is 13.3. The zero-order valence-corrected chi connectivity index (χ0v) is 18.3. The summed E-state index contributed by atoms with van der Waals surface area (Å²) in [6.45, 7) is 2.74. The van der Waals surface area contributed by atoms with Crippen LogP contribution in [0.4, 0.5) is 5.69 Å². The van der Waals surface area contributed by atoms with Gasteiger partial charge < -0.3 is 19.7 Å². The van der Waals surface area contributed by atoms with Crippen molar-refractivity contribution < 1.29 is 22.7 Å². The zero-order valence-electron chi connectivity index (χ0n) is 17.5. The second-order valence-corrected chi connectivity index (χ2v) is 9.49. The molecule has 31 heavy (non-hydrogen) atoms. The van der Waals surface area contributed by atoms with Gasteiger partial charge in [-0.2, -0.15) is 0 Å². The molecule has 9 heteroatoms. The van der Waals surface area contributed by atoms with Crippen LogP contribution in [0.3, 0.4) is 0 Å². The number of rotatable bonds is 7. The van der Waals surface area contributed by atoms with E-state index in [1.54, 1.807) is 18.1 Å². The van der Waals surface area contributed by atoms with Gasteiger partial charge in [0.25, 0.3) is 5.91 Å². The standard InChI is InChI=1S/C22H27N3O5S/c1-29-17-4-2-16(3-5-17)13-25-14-18-20(31(23,27)28)7-6-19(21(18)22(25)26)24-12-15-8-10-30-11-9-15/h2-7,15,24H,8-14H2,1H3,(H2,23,27,28). The molecule has 0 atom stereocenters. The van der Waals surface area contributed by atoms with Crippen LogP contribution in [0, 0.1) is 5.92 Å². The molecule has 1 fully saturated rings. The molecule has 3 N–H and O–H groups in total. The van der Waals surface area contributed by atoms with Crippen LogP contribution in [-0.4, -0.2) is 46.1 Å². The quantitative estimate of drug-likeness (QED) is 0.677. The van der Waals surface area contributed by atoms with Crippen LogP contribution < -0.4 is 15.2 Å². The zero-order chi connectivity index (χ0) is 22.0. The predicted molar refractivity (Wildman–Crippen MR) is 116 cm³/mol. The molecule has 0 unspecified atom stereocenters. The van der Waals surface area contributed by atoms with Crippen LogP contribution >= 0.6 is 0 Å². The highest BCUT2D eigenvalue weighted by molar-refractivity contribution is 7.89. The van der Waals surface area contributed by atoms with Crippen molar-refractivity contribution in [3.8, 4) is 5.75 Å². The number of nitrogens with one attached hydrogen (secondary N) is 1. The Morgan fingerprint density at radius 3 is 2.52 bits per heavy atom. The van der Waals surface area contributed by atoms with E-state index in [2.05, 4.69) is 5.32 Å². The molecule has 4 rings (SSSR count). The summed E-state index contributed by atoms with van der Waals surface area (Å²) < 4.78 is 34.9. The van der Waals surface area contributed by atoms with Crippen LogP contribution in [0.1, 0.15) is 34.3 Å². The number of hydrogen-bond acceptors (Lipinski definition) is 6. The van der Waals surface area contributed by atoms with Crippen molar-refractivity contribution in [2.24, 2.45) is 11.1 Å². The van der Waals surface area contributed by atoms with Gasteiger partial charge in [0.1, 0.15) is 5.75 Å². The Morgan fingerprint density at radius 1 is 1.16 bits per heavy atom. The Balaban J connectivity index is 1.60. The Morgan fingerprint density at radius 2 is 1.87 bits per heavy atom. The summed E-state index contributed by atoms with van der Waals surface area (Å²) in [4.78, 5) is 14.9. The van der Waals surface area contributed by atoms with Gasteiger partial charge in [-0.05, 0) is 48.6 Å². The molecule has 2 aliphatic heterocycles. The third-order valence-electron chi connectivity index (χ3n) is 5.88. The van der Waals surface area contributed by atoms with E-state index in [9.17, 15) is 13.2 Å². The van der Waals surface area contributed by atoms with Gasteiger partial charge in [-0.1, -0.05) is 12.1 Å². The number of ether oxygens (including phenoxy) is 2. The van der Waals surface area contributed by atoms with Crippen LogP contribution in [0.25, 0.3) is 0 Å². The fourth-order valence-corrected chi connectivity index (χ4v) is 4.92. The summed E-state index contributed by atoms with van der Waals surface area (Å²) in [7, 11) is -2.35. The lowest BCUT2D eigenvalue weighted by Crippen LogP contribution is -2.25. The first kappa shape index (κ1) is 21.6. The number of primary sulfonamides is 1. The van der Waals surface area contributed by atoms with E-state index in [0.29, 0.717) is 35.8 Å². The summed E-state index contributed by atoms with van der Waals surface area (Å²) >= 11 is 0. The van der Waals surface area contributed by atoms with Crippen molar-refractivity contribution in [1.82, 2.24) is 4.90 Å². The van der Waals surface area contributed by atoms with Crippen molar-refractivity contribution in [3.63, 3.8) is 0 Å². The van der Waals surface area contributed by atoms with E-state index in [4.69, 9.17) is 14.6 Å². The maximum atomic E-state index is 13.3. The van der Waals surface area contributed by atoms with E-state index < -0.39 is 10.0 Å². The van der Waals surface area contributed by atoms with Crippen molar-refractivity contribution in [2.75, 3.05) is 32.2 Å². The average Bonchev–Trinajstić information content (AvgIpc) is 3.08. The molecule has 2 aromatic carbocycles. The van der Waals surface area contributed by atoms with Gasteiger partial charge in [0, 0.05) is 44.1 Å². The molecular formula is C22H27N3O5S. The summed E-state index contributed by atoms with van der Waals surface area (Å²) in [6, 6.07) is 10.6. The first-order chi connectivity index (χ1) is 14.9. The van der Waals surface area contributed by atoms with E-state index in [0.717, 1.165) is 37.4 Å². The number of anilines is 1. The van der Waals surface area contributed by atoms with Crippen LogP contribution in [0.2, 0.25) is 0 Å². The molecule has 2 aliphatic rings. The Labute approximate surface area is 182 Å². The van der Waals surface area contributed by atoms with Gasteiger partial charge in [0.05, 0.1) is 17.6 Å². The van der Waals surface area contributed by atoms with E-state index in [-0.39, 0.29) is 17.3 Å². The monoisotopic (exact) mass is 445 g/mol. The van der Waals surface area contributed by atoms with Crippen molar-refractivity contribution in [3.05, 3.63) is 53.1 Å². The SMILES string of the molecule is COc1ccc(CN2Cc3c(S(N)(=O)=O)ccc(NCC4CCOCC4)c3C2=O)cc1. The van der Waals surface area contributed by atoms with E-state index in [1.807, 2.05) is 24.3 Å². The number of carbonyl (C=O) groups excluding carboxylic acids is 1. The minimum atomic E-state index is -3.95. The van der Waals surface area contributed by atoms with Crippen LogP contribution in [0.15, 0.2) is 41.3 Å². The minimum Gasteiger partial charge on any atom is -0.497 e. The maximum Gasteiger partial charge on any atom is 0.256 e. The molecule has 0 spiro atoms. The first-order valence-corrected chi connectivity index (χ1v) is 11.8. The molecule has 0 aromatic heterocycles. The number of fused-ring (bicyclic) bond motifs is 1. The lowest BCUT2D eigenvalue weighted by molar-refractivity contribution is 0.0698. The summed E-state index contributed by atoms with van der Waals surface area (Å²) in [5.74, 6) is 0.982. The van der Waals surface area contributed by atoms with Gasteiger partial charge in [0.2, 0.25) is 10.0 Å². The first-order valence-electron chi connectivity index (χ1n) is 10.3. The topological polar surface area (TPSA) is 111 Å². The van der Waals surface area contributed by atoms with E-state index in [1.165, 1.54) is 6.07 Å². The highest BCUT2D eigenvalue weighted by atomic mass is 32.2. The number of nitrogens with two attached hydrogens (primary N) is 1. The number of nitrogens with zero attached hydrogens (tertiary/aromatic N) is 1. The Hall–Kier alpha value is -2.62. The van der Waals surface area contributed by atoms with Gasteiger partial charge in [0.15, 0.2) is 0 Å². The predicted octanol–water partition coefficient (Wildman–Crippen LogP) is 2.34. The molecule has 1 amide bonds. The molecule has 0 saturated carbocycles. The highest BCUT2D eigenvalue weighted by Gasteiger charge is 2.34. The number of carbonyl (C=O) groups is 1. The number of benzene rings is 2. The van der Waals surface area contributed by atoms with Gasteiger partial charge in [-0.3, -0.25) is 4.79 Å². The fraction of sp³-hybridized carbons (Fsp3) is 0.409. The third-order valence-corrected chi connectivity index (χ3v) is 6.88. The second kappa shape index (κ2) is 8.86. The Bertz CT molecular complexity index is 1060. The number of sulfonamides is 1. The Kier molecular flexibility index (Phi) is 6.17. The molecule has 166 valence electrons. The largest absolute Gasteiger partial charge is 0.497 e. The molecular weight excluding hydrogens is 418 g/mol. The minimum absolute atomic E-state index is 0.00435. The number of amides is 1. The lowest BCUT2D eigenvalue weighted by Gasteiger charge is -2.23. The molecule has 1 saturated heterocycles. The van der Waals surface area contributed by atoms with Crippen molar-refractivity contribution in [1.29, 1.82) is 0 Å². The van der Waals surface area contributed by atoms with Crippen molar-refractivity contribution in [2.45, 2.75) is 30.8 Å². The molecule has 0 bridgehead atoms. The molecule has 0 radical (unpaired) electrons. The number of methoxy groups -OCH3 is 1. The fourth-order valence-electron chi connectivity index (χ4n) is 4.15. The van der Waals surface area contributed by atoms with Gasteiger partial charge >= 0.3 is 0 Å². The molecule has 2 aromatic rings. The molecule has 2 heterocycles. The summed E-state index contributed by atoms with van der Waals surface area (Å²) in [5.41, 5.74) is 2.43. The van der Waals surface area contributed by atoms with Gasteiger partial charge in [-0.15, -0.1) is 0 Å². The summed E-state index contributed by atoms with van der Waals surface area (Å²) in [5, 5.41) is 8.81. The summed E-state index contributed by atoms with van der Waals surface area (Å²) in [6.07, 6.45) is 1.92. The third kappa shape index (κ3) is 4.68. The van der Waals surface area contributed by atoms with Crippen LogP contribution in [-0.2, 0) is 27.8 Å².